The second-order valence-corrected chi connectivity index (χ2v) is 4.24. The molecule has 0 bridgehead atoms. The molecule has 90 valence electrons. The molecule has 0 amide bonds. The Morgan fingerprint density at radius 2 is 1.78 bits per heavy atom. The molecule has 0 radical (unpaired) electrons. The third-order valence-corrected chi connectivity index (χ3v) is 3.02. The average molecular weight is 236 g/mol. The zero-order valence-corrected chi connectivity index (χ0v) is 10.5. The molecule has 1 aromatic carbocycles. The fourth-order valence-electron chi connectivity index (χ4n) is 1.95. The summed E-state index contributed by atoms with van der Waals surface area (Å²) in [6, 6.07) is 16.5. The molecule has 0 aliphatic heterocycles. The Kier molecular flexibility index (Phi) is 4.08. The van der Waals surface area contributed by atoms with Gasteiger partial charge < -0.3 is 0 Å². The highest BCUT2D eigenvalue weighted by molar-refractivity contribution is 5.62. The predicted molar refractivity (Wildman–Crippen MR) is 76.8 cm³/mol. The number of benzene rings is 1. The third-order valence-electron chi connectivity index (χ3n) is 3.02. The number of pyridine rings is 1. The molecule has 0 aliphatic rings. The Balaban J connectivity index is 2.04. The molecule has 0 aliphatic carbocycles. The molecular formula is C17H18N+. The lowest BCUT2D eigenvalue weighted by atomic mass is 10.0. The third kappa shape index (κ3) is 2.95. The first-order valence-corrected chi connectivity index (χ1v) is 6.15. The molecule has 1 heteroatoms. The number of aryl methyl sites for hydroxylation is 1. The zero-order chi connectivity index (χ0) is 12.8. The molecular weight excluding hydrogens is 218 g/mol. The fourth-order valence-corrected chi connectivity index (χ4v) is 1.95. The molecule has 0 unspecified atom stereocenters. The SMILES string of the molecule is C=Cc1cccc[n+]1CCC(=C)c1ccccc1. The predicted octanol–water partition coefficient (Wildman–Crippen LogP) is 3.72. The van der Waals surface area contributed by atoms with Gasteiger partial charge in [-0.15, -0.1) is 0 Å². The van der Waals surface area contributed by atoms with Crippen LogP contribution in [0.4, 0.5) is 0 Å². The van der Waals surface area contributed by atoms with Crippen molar-refractivity contribution in [1.29, 1.82) is 0 Å². The van der Waals surface area contributed by atoms with Crippen LogP contribution < -0.4 is 4.57 Å². The number of hydrogen-bond acceptors (Lipinski definition) is 0. The minimum absolute atomic E-state index is 0.927. The van der Waals surface area contributed by atoms with Crippen molar-refractivity contribution in [1.82, 2.24) is 0 Å². The molecule has 0 spiro atoms. The first-order chi connectivity index (χ1) is 8.81. The molecule has 0 atom stereocenters. The Labute approximate surface area is 109 Å². The molecule has 0 saturated heterocycles. The van der Waals surface area contributed by atoms with Crippen LogP contribution >= 0.6 is 0 Å². The summed E-state index contributed by atoms with van der Waals surface area (Å²) in [7, 11) is 0. The van der Waals surface area contributed by atoms with Crippen molar-refractivity contribution < 1.29 is 4.57 Å². The van der Waals surface area contributed by atoms with Gasteiger partial charge in [0.25, 0.3) is 0 Å². The van der Waals surface area contributed by atoms with Gasteiger partial charge in [0.05, 0.1) is 0 Å². The highest BCUT2D eigenvalue weighted by Gasteiger charge is 2.07. The number of nitrogens with zero attached hydrogens (tertiary/aromatic N) is 1. The maximum atomic E-state index is 4.16. The molecule has 2 rings (SSSR count). The summed E-state index contributed by atoms with van der Waals surface area (Å²) in [5.74, 6) is 0. The summed E-state index contributed by atoms with van der Waals surface area (Å²) in [6.45, 7) is 8.92. The van der Waals surface area contributed by atoms with Crippen molar-refractivity contribution in [3.63, 3.8) is 0 Å². The standard InChI is InChI=1S/C17H18N/c1-3-17-11-7-8-13-18(17)14-12-15(2)16-9-5-4-6-10-16/h3-11,13H,1-2,12,14H2/q+1. The first-order valence-electron chi connectivity index (χ1n) is 6.15. The van der Waals surface area contributed by atoms with E-state index < -0.39 is 0 Å². The summed E-state index contributed by atoms with van der Waals surface area (Å²) in [5.41, 5.74) is 3.52. The molecule has 0 saturated carbocycles. The molecule has 1 heterocycles. The van der Waals surface area contributed by atoms with Crippen LogP contribution in [0.2, 0.25) is 0 Å². The van der Waals surface area contributed by atoms with Crippen LogP contribution in [0, 0.1) is 0 Å². The highest BCUT2D eigenvalue weighted by Crippen LogP contribution is 2.15. The van der Waals surface area contributed by atoms with Crippen molar-refractivity contribution in [3.05, 3.63) is 79.1 Å². The van der Waals surface area contributed by atoms with Gasteiger partial charge in [0, 0.05) is 24.6 Å². The number of rotatable bonds is 5. The van der Waals surface area contributed by atoms with Gasteiger partial charge in [0.1, 0.15) is 0 Å². The summed E-state index contributed by atoms with van der Waals surface area (Å²) in [5, 5.41) is 0. The van der Waals surface area contributed by atoms with Crippen molar-refractivity contribution in [3.8, 4) is 0 Å². The maximum absolute atomic E-state index is 4.16. The second-order valence-electron chi connectivity index (χ2n) is 4.24. The maximum Gasteiger partial charge on any atom is 0.204 e. The minimum Gasteiger partial charge on any atom is -0.199 e. The monoisotopic (exact) mass is 236 g/mol. The highest BCUT2D eigenvalue weighted by atomic mass is 14.9. The van der Waals surface area contributed by atoms with Gasteiger partial charge in [0.15, 0.2) is 12.7 Å². The van der Waals surface area contributed by atoms with Crippen LogP contribution in [0.1, 0.15) is 17.7 Å². The Morgan fingerprint density at radius 3 is 2.50 bits per heavy atom. The lowest BCUT2D eigenvalue weighted by molar-refractivity contribution is -0.697. The van der Waals surface area contributed by atoms with Crippen LogP contribution in [0.15, 0.2) is 67.9 Å². The largest absolute Gasteiger partial charge is 0.204 e. The van der Waals surface area contributed by atoms with Crippen LogP contribution in [-0.4, -0.2) is 0 Å². The van der Waals surface area contributed by atoms with E-state index in [2.05, 4.69) is 42.1 Å². The summed E-state index contributed by atoms with van der Waals surface area (Å²) in [6.07, 6.45) is 4.90. The van der Waals surface area contributed by atoms with E-state index in [1.165, 1.54) is 11.1 Å². The van der Waals surface area contributed by atoms with Gasteiger partial charge in [-0.2, -0.15) is 4.57 Å². The summed E-state index contributed by atoms with van der Waals surface area (Å²) < 4.78 is 2.20. The van der Waals surface area contributed by atoms with Gasteiger partial charge in [-0.25, -0.2) is 0 Å². The smallest absolute Gasteiger partial charge is 0.199 e. The van der Waals surface area contributed by atoms with E-state index in [1.54, 1.807) is 0 Å². The quantitative estimate of drug-likeness (QED) is 0.697. The minimum atomic E-state index is 0.927. The second kappa shape index (κ2) is 5.97. The molecule has 1 nitrogen and oxygen atoms in total. The van der Waals surface area contributed by atoms with E-state index in [0.717, 1.165) is 18.7 Å². The van der Waals surface area contributed by atoms with Gasteiger partial charge in [-0.3, -0.25) is 0 Å². The Hall–Kier alpha value is -2.15. The molecule has 0 fully saturated rings. The topological polar surface area (TPSA) is 3.88 Å². The number of allylic oxidation sites excluding steroid dienone is 1. The molecule has 0 N–H and O–H groups in total. The molecule has 18 heavy (non-hydrogen) atoms. The van der Waals surface area contributed by atoms with Crippen molar-refractivity contribution in [2.24, 2.45) is 0 Å². The lowest BCUT2D eigenvalue weighted by Crippen LogP contribution is -2.36. The van der Waals surface area contributed by atoms with Gasteiger partial charge in [-0.05, 0) is 17.2 Å². The Morgan fingerprint density at radius 1 is 1.06 bits per heavy atom. The van der Waals surface area contributed by atoms with E-state index in [0.29, 0.717) is 0 Å². The molecule has 2 aromatic rings. The average Bonchev–Trinajstić information content (AvgIpc) is 2.46. The van der Waals surface area contributed by atoms with E-state index in [1.807, 2.05) is 36.4 Å². The van der Waals surface area contributed by atoms with Gasteiger partial charge >= 0.3 is 0 Å². The van der Waals surface area contributed by atoms with E-state index in [9.17, 15) is 0 Å². The van der Waals surface area contributed by atoms with Gasteiger partial charge in [-0.1, -0.05) is 43.5 Å². The van der Waals surface area contributed by atoms with E-state index in [4.69, 9.17) is 0 Å². The summed E-state index contributed by atoms with van der Waals surface area (Å²) in [4.78, 5) is 0. The normalized spacial score (nSPS) is 10.0. The van der Waals surface area contributed by atoms with Crippen LogP contribution in [0.3, 0.4) is 0 Å². The number of hydrogen-bond donors (Lipinski definition) is 0. The van der Waals surface area contributed by atoms with Crippen LogP contribution in [0.5, 0.6) is 0 Å². The van der Waals surface area contributed by atoms with Crippen molar-refractivity contribution >= 4 is 11.6 Å². The first kappa shape index (κ1) is 12.3. The number of aromatic nitrogens is 1. The van der Waals surface area contributed by atoms with E-state index >= 15 is 0 Å². The summed E-state index contributed by atoms with van der Waals surface area (Å²) >= 11 is 0. The zero-order valence-electron chi connectivity index (χ0n) is 10.5. The van der Waals surface area contributed by atoms with E-state index in [-0.39, 0.29) is 0 Å². The lowest BCUT2D eigenvalue weighted by Gasteiger charge is -2.04. The van der Waals surface area contributed by atoms with Crippen LogP contribution in [-0.2, 0) is 6.54 Å². The fraction of sp³-hybridized carbons (Fsp3) is 0.118. The van der Waals surface area contributed by atoms with Gasteiger partial charge in [0.2, 0.25) is 5.69 Å². The van der Waals surface area contributed by atoms with Crippen LogP contribution in [0.25, 0.3) is 11.6 Å². The van der Waals surface area contributed by atoms with Crippen molar-refractivity contribution in [2.45, 2.75) is 13.0 Å². The Bertz CT molecular complexity index is 541. The van der Waals surface area contributed by atoms with Crippen molar-refractivity contribution in [2.75, 3.05) is 0 Å². The molecule has 1 aromatic heterocycles.